The first kappa shape index (κ1) is 14.4. The quantitative estimate of drug-likeness (QED) is 0.799. The van der Waals surface area contributed by atoms with E-state index in [1.54, 1.807) is 0 Å². The van der Waals surface area contributed by atoms with E-state index in [4.69, 9.17) is 4.42 Å². The Hall–Kier alpha value is -2.58. The first-order chi connectivity index (χ1) is 10.4. The highest BCUT2D eigenvalue weighted by Gasteiger charge is 2.22. The summed E-state index contributed by atoms with van der Waals surface area (Å²) >= 11 is 0. The van der Waals surface area contributed by atoms with E-state index in [0.717, 1.165) is 11.3 Å². The van der Waals surface area contributed by atoms with Crippen LogP contribution in [0.25, 0.3) is 16.7 Å². The Morgan fingerprint density at radius 2 is 2.14 bits per heavy atom. The molecule has 116 valence electrons. The monoisotopic (exact) mass is 309 g/mol. The molecular weight excluding hydrogens is 296 g/mol. The predicted octanol–water partition coefficient (Wildman–Crippen LogP) is 1.93. The minimum Gasteiger partial charge on any atom is -0.443 e. The molecule has 0 aliphatic rings. The fourth-order valence-electron chi connectivity index (χ4n) is 2.19. The largest absolute Gasteiger partial charge is 0.443 e. The number of rotatable bonds is 3. The first-order valence-corrected chi connectivity index (χ1v) is 6.58. The predicted molar refractivity (Wildman–Crippen MR) is 72.6 cm³/mol. The maximum Gasteiger partial charge on any atom is 0.315 e. The zero-order valence-corrected chi connectivity index (χ0v) is 12.1. The molecule has 22 heavy (non-hydrogen) atoms. The van der Waals surface area contributed by atoms with Crippen LogP contribution in [0.5, 0.6) is 0 Å². The van der Waals surface area contributed by atoms with Crippen molar-refractivity contribution in [2.45, 2.75) is 33.2 Å². The summed E-state index contributed by atoms with van der Waals surface area (Å²) in [4.78, 5) is 19.5. The van der Waals surface area contributed by atoms with Gasteiger partial charge in [0.2, 0.25) is 5.71 Å². The highest BCUT2D eigenvalue weighted by atomic mass is 19.3. The second kappa shape index (κ2) is 5.00. The average Bonchev–Trinajstić information content (AvgIpc) is 3.00. The third-order valence-corrected chi connectivity index (χ3v) is 3.47. The molecule has 1 amide bonds. The van der Waals surface area contributed by atoms with Crippen molar-refractivity contribution in [3.8, 4) is 0 Å². The fourth-order valence-corrected chi connectivity index (χ4v) is 2.19. The zero-order chi connectivity index (χ0) is 16.0. The topological polar surface area (TPSA) is 85.3 Å². The molecule has 0 saturated heterocycles. The Bertz CT molecular complexity index is 870. The lowest BCUT2D eigenvalue weighted by molar-refractivity contribution is -0.132. The molecule has 3 heterocycles. The number of nitrogens with one attached hydrogen (secondary N) is 1. The van der Waals surface area contributed by atoms with Crippen LogP contribution >= 0.6 is 0 Å². The van der Waals surface area contributed by atoms with Crippen LogP contribution in [0.2, 0.25) is 0 Å². The van der Waals surface area contributed by atoms with Crippen LogP contribution in [0.3, 0.4) is 0 Å². The van der Waals surface area contributed by atoms with Gasteiger partial charge in [-0.1, -0.05) is 0 Å². The Morgan fingerprint density at radius 1 is 1.41 bits per heavy atom. The van der Waals surface area contributed by atoms with Gasteiger partial charge in [-0.3, -0.25) is 4.79 Å². The number of fused-ring (bicyclic) bond motifs is 3. The van der Waals surface area contributed by atoms with Gasteiger partial charge in [-0.2, -0.15) is 8.78 Å². The van der Waals surface area contributed by atoms with E-state index in [1.807, 2.05) is 13.8 Å². The maximum absolute atomic E-state index is 12.3. The number of furan rings is 1. The molecule has 0 unspecified atom stereocenters. The van der Waals surface area contributed by atoms with Gasteiger partial charge in [0.1, 0.15) is 12.1 Å². The number of carbonyl (C=O) groups is 1. The average molecular weight is 309 g/mol. The Kier molecular flexibility index (Phi) is 3.27. The lowest BCUT2D eigenvalue weighted by Crippen LogP contribution is -2.32. The van der Waals surface area contributed by atoms with Gasteiger partial charge in [-0.15, -0.1) is 5.10 Å². The summed E-state index contributed by atoms with van der Waals surface area (Å²) in [6, 6.07) is -0.746. The van der Waals surface area contributed by atoms with Crippen molar-refractivity contribution in [1.82, 2.24) is 24.9 Å². The van der Waals surface area contributed by atoms with Crippen molar-refractivity contribution < 1.29 is 18.0 Å². The van der Waals surface area contributed by atoms with Crippen LogP contribution < -0.4 is 5.32 Å². The van der Waals surface area contributed by atoms with Crippen LogP contribution in [0.4, 0.5) is 8.78 Å². The molecule has 1 N–H and O–H groups in total. The van der Waals surface area contributed by atoms with Crippen LogP contribution in [0, 0.1) is 13.8 Å². The molecule has 0 spiro atoms. The number of halogens is 2. The van der Waals surface area contributed by atoms with E-state index < -0.39 is 18.4 Å². The minimum atomic E-state index is -3.08. The molecule has 0 fully saturated rings. The van der Waals surface area contributed by atoms with Gasteiger partial charge in [-0.25, -0.2) is 14.5 Å². The van der Waals surface area contributed by atoms with Gasteiger partial charge >= 0.3 is 6.43 Å². The van der Waals surface area contributed by atoms with Gasteiger partial charge < -0.3 is 9.73 Å². The van der Waals surface area contributed by atoms with Crippen molar-refractivity contribution >= 4 is 22.7 Å². The number of nitrogens with zero attached hydrogens (tertiary/aromatic N) is 4. The number of alkyl halides is 2. The summed E-state index contributed by atoms with van der Waals surface area (Å²) < 4.78 is 31.5. The lowest BCUT2D eigenvalue weighted by Gasteiger charge is -2.09. The molecule has 3 rings (SSSR count). The van der Waals surface area contributed by atoms with E-state index >= 15 is 0 Å². The third kappa shape index (κ3) is 2.18. The van der Waals surface area contributed by atoms with Crippen LogP contribution in [-0.2, 0) is 4.79 Å². The number of aromatic nitrogens is 4. The number of hydrogen-bond donors (Lipinski definition) is 1. The smallest absolute Gasteiger partial charge is 0.315 e. The summed E-state index contributed by atoms with van der Waals surface area (Å²) in [7, 11) is 0. The van der Waals surface area contributed by atoms with E-state index in [-0.39, 0.29) is 5.82 Å². The van der Waals surface area contributed by atoms with Gasteiger partial charge in [0.05, 0.1) is 11.4 Å². The van der Waals surface area contributed by atoms with Gasteiger partial charge in [0, 0.05) is 5.56 Å². The third-order valence-electron chi connectivity index (χ3n) is 3.47. The number of aryl methyl sites for hydroxylation is 2. The number of amides is 1. The first-order valence-electron chi connectivity index (χ1n) is 6.58. The van der Waals surface area contributed by atoms with Crippen molar-refractivity contribution in [1.29, 1.82) is 0 Å². The Morgan fingerprint density at radius 3 is 2.82 bits per heavy atom. The molecule has 0 aliphatic heterocycles. The molecule has 3 aromatic rings. The van der Waals surface area contributed by atoms with Crippen molar-refractivity contribution in [3.63, 3.8) is 0 Å². The van der Waals surface area contributed by atoms with Gasteiger partial charge in [0.15, 0.2) is 11.5 Å². The second-order valence-corrected chi connectivity index (χ2v) is 4.98. The molecule has 0 saturated carbocycles. The van der Waals surface area contributed by atoms with Gasteiger partial charge in [0.25, 0.3) is 5.91 Å². The SMILES string of the molecule is Cc1oc2ncn3nc([C@H](C)NC(=O)C(F)F)nc3c2c1C. The van der Waals surface area contributed by atoms with E-state index in [2.05, 4.69) is 20.4 Å². The standard InChI is InChI=1S/C13H13F2N5O2/c1-5-7(3)22-13-8(5)11-18-10(19-20(11)4-16-13)6(2)17-12(21)9(14)15/h4,6,9H,1-3H3,(H,17,21)/t6-/m0/s1. The van der Waals surface area contributed by atoms with E-state index in [1.165, 1.54) is 17.8 Å². The summed E-state index contributed by atoms with van der Waals surface area (Å²) in [6.45, 7) is 5.22. The van der Waals surface area contributed by atoms with Crippen molar-refractivity contribution in [2.24, 2.45) is 0 Å². The normalized spacial score (nSPS) is 13.2. The Labute approximate surface area is 123 Å². The molecule has 9 heteroatoms. The number of hydrogen-bond acceptors (Lipinski definition) is 5. The van der Waals surface area contributed by atoms with Gasteiger partial charge in [-0.05, 0) is 20.8 Å². The molecule has 0 radical (unpaired) electrons. The Balaban J connectivity index is 2.06. The van der Waals surface area contributed by atoms with Crippen LogP contribution in [0.15, 0.2) is 10.7 Å². The van der Waals surface area contributed by atoms with Crippen molar-refractivity contribution in [2.75, 3.05) is 0 Å². The molecular formula is C13H13F2N5O2. The van der Waals surface area contributed by atoms with Crippen LogP contribution in [-0.4, -0.2) is 31.9 Å². The molecule has 7 nitrogen and oxygen atoms in total. The molecule has 0 bridgehead atoms. The molecule has 3 aromatic heterocycles. The summed E-state index contributed by atoms with van der Waals surface area (Å²) in [5.74, 6) is -0.411. The van der Waals surface area contributed by atoms with Crippen molar-refractivity contribution in [3.05, 3.63) is 23.5 Å². The molecule has 0 aromatic carbocycles. The summed E-state index contributed by atoms with van der Waals surface area (Å²) in [6.07, 6.45) is -1.65. The summed E-state index contributed by atoms with van der Waals surface area (Å²) in [5.41, 5.74) is 1.83. The lowest BCUT2D eigenvalue weighted by atomic mass is 10.2. The van der Waals surface area contributed by atoms with Crippen LogP contribution in [0.1, 0.15) is 30.1 Å². The molecule has 0 aliphatic carbocycles. The van der Waals surface area contributed by atoms with E-state index in [0.29, 0.717) is 16.7 Å². The zero-order valence-electron chi connectivity index (χ0n) is 12.1. The molecule has 1 atom stereocenters. The van der Waals surface area contributed by atoms with E-state index in [9.17, 15) is 13.6 Å². The minimum absolute atomic E-state index is 0.224. The highest BCUT2D eigenvalue weighted by Crippen LogP contribution is 2.26. The number of carbonyl (C=O) groups excluding carboxylic acids is 1. The summed E-state index contributed by atoms with van der Waals surface area (Å²) in [5, 5.41) is 7.03. The second-order valence-electron chi connectivity index (χ2n) is 4.98. The maximum atomic E-state index is 12.3. The highest BCUT2D eigenvalue weighted by molar-refractivity contribution is 5.91. The fraction of sp³-hybridized carbons (Fsp3) is 0.385.